The number of rotatable bonds is 8. The van der Waals surface area contributed by atoms with Crippen molar-refractivity contribution in [2.45, 2.75) is 21.9 Å². The van der Waals surface area contributed by atoms with Crippen LogP contribution in [-0.4, -0.2) is 34.3 Å². The molecule has 0 atom stereocenters. The number of nitrogens with zero attached hydrogens (tertiary/aromatic N) is 10. The second kappa shape index (κ2) is 22.6. The minimum atomic E-state index is -0.742. The molecule has 4 aromatic heterocycles. The van der Waals surface area contributed by atoms with E-state index in [-0.39, 0.29) is 42.1 Å². The molecule has 14 aromatic rings. The van der Waals surface area contributed by atoms with Crippen LogP contribution in [0, 0.1) is 25.5 Å². The molecule has 0 fully saturated rings. The molecule has 0 spiro atoms. The summed E-state index contributed by atoms with van der Waals surface area (Å²) in [5, 5.41) is 18.2. The Morgan fingerprint density at radius 1 is 0.344 bits per heavy atom. The smallest absolute Gasteiger partial charge is 0.122 e. The number of pyridine rings is 2. The molecule has 0 N–H and O–H groups in total. The SMILES string of the molecule is CN1[CH-]N(C2(c3[c-]c(C4(c5cc[n-]n5)c5ccccc5-c5ccccc54)ccc3)c3ccccc3-c3ccccc32)c2ncccc21.CN1[CH-]N(C2(c3c[c-]c(C4(c5cc[n-]n5)c5ccccc5-c5ccccc54)cc3)c3ccccc3-c3ccccc32)c2ncccc21.[Pt].[Pt]. The van der Waals surface area contributed by atoms with Crippen LogP contribution in [0.15, 0.2) is 292 Å². The summed E-state index contributed by atoms with van der Waals surface area (Å²) in [4.78, 5) is 19.0. The maximum absolute atomic E-state index is 4.99. The number of fused-ring (bicyclic) bond motifs is 14. The van der Waals surface area contributed by atoms with Crippen molar-refractivity contribution in [2.24, 2.45) is 0 Å². The molecule has 12 heteroatoms. The molecule has 4 aliphatic carbocycles. The fourth-order valence-corrected chi connectivity index (χ4v) is 17.1. The van der Waals surface area contributed by atoms with E-state index in [0.29, 0.717) is 0 Å². The van der Waals surface area contributed by atoms with Crippen molar-refractivity contribution in [1.82, 2.24) is 30.4 Å². The van der Waals surface area contributed by atoms with Crippen LogP contribution in [0.1, 0.15) is 78.1 Å². The number of anilines is 4. The molecule has 0 saturated heterocycles. The van der Waals surface area contributed by atoms with Gasteiger partial charge in [0.1, 0.15) is 11.6 Å². The Kier molecular flexibility index (Phi) is 13.9. The Morgan fingerprint density at radius 2 is 0.698 bits per heavy atom. The van der Waals surface area contributed by atoms with Crippen LogP contribution in [0.25, 0.3) is 44.5 Å². The van der Waals surface area contributed by atoms with E-state index in [1.807, 2.05) is 30.6 Å². The van der Waals surface area contributed by atoms with Crippen molar-refractivity contribution in [1.29, 1.82) is 0 Å². The van der Waals surface area contributed by atoms with E-state index in [2.05, 4.69) is 318 Å². The zero-order chi connectivity index (χ0) is 62.3. The number of hydrogen-bond acceptors (Lipinski definition) is 8. The van der Waals surface area contributed by atoms with E-state index in [4.69, 9.17) is 20.2 Å². The Morgan fingerprint density at radius 3 is 1.08 bits per heavy atom. The number of aromatic nitrogens is 6. The standard InChI is InChI=1S/2C42H28N5.2Pt/c1-46-27-47(40-38(46)22-11-24-43-40)42(36-20-8-4-16-32(36)33-17-5-9-21-37(33)42)29-13-10-12-28(26-29)41(39-23-25-44-45-39)34-18-6-2-14-30(34)31-15-3-7-19-35(31)41;1-46-27-47(40-38(46)19-10-25-43-40)42(36-17-8-4-13-32(36)33-14-5-9-18-37(33)42)29-22-20-28(21-23-29)41(39-24-26-44-45-39)34-15-6-2-11-30(34)31-12-3-7-16-35(31)41;;/h2-25,27H,1H3;2-20,22-27H,1H3;;/q2*-3;;. The third-order valence-electron chi connectivity index (χ3n) is 20.7. The zero-order valence-corrected chi connectivity index (χ0v) is 56.5. The van der Waals surface area contributed by atoms with Gasteiger partial charge in [0, 0.05) is 82.8 Å². The number of benzene rings is 10. The molecular formula is C84H56N10Pt2-6. The van der Waals surface area contributed by atoms with E-state index >= 15 is 0 Å². The third-order valence-corrected chi connectivity index (χ3v) is 20.7. The van der Waals surface area contributed by atoms with Gasteiger partial charge in [-0.05, 0) is 127 Å². The van der Waals surface area contributed by atoms with E-state index in [9.17, 15) is 0 Å². The first-order valence-corrected chi connectivity index (χ1v) is 31.9. The first-order chi connectivity index (χ1) is 46.5. The van der Waals surface area contributed by atoms with Crippen molar-refractivity contribution in [3.8, 4) is 44.5 Å². The molecule has 6 heterocycles. The van der Waals surface area contributed by atoms with Crippen LogP contribution >= 0.6 is 0 Å². The predicted molar refractivity (Wildman–Crippen MR) is 370 cm³/mol. The third kappa shape index (κ3) is 7.82. The van der Waals surface area contributed by atoms with Crippen molar-refractivity contribution < 1.29 is 42.1 Å². The van der Waals surface area contributed by atoms with Crippen molar-refractivity contribution in [3.05, 3.63) is 395 Å². The van der Waals surface area contributed by atoms with Crippen molar-refractivity contribution in [2.75, 3.05) is 33.7 Å². The van der Waals surface area contributed by atoms with Gasteiger partial charge in [-0.3, -0.25) is 0 Å². The van der Waals surface area contributed by atoms with Gasteiger partial charge in [0.2, 0.25) is 0 Å². The van der Waals surface area contributed by atoms with Gasteiger partial charge in [0.25, 0.3) is 0 Å². The largest absolute Gasteiger partial charge is 0.581 e. The van der Waals surface area contributed by atoms with E-state index in [0.717, 1.165) is 56.7 Å². The molecule has 0 saturated carbocycles. The molecule has 0 unspecified atom stereocenters. The van der Waals surface area contributed by atoms with Gasteiger partial charge >= 0.3 is 0 Å². The van der Waals surface area contributed by atoms with E-state index in [1.54, 1.807) is 12.4 Å². The first kappa shape index (κ1) is 59.3. The van der Waals surface area contributed by atoms with E-state index in [1.165, 1.54) is 89.0 Å². The minimum Gasteiger partial charge on any atom is -0.581 e. The van der Waals surface area contributed by atoms with Gasteiger partial charge < -0.3 is 40.0 Å². The average Bonchev–Trinajstić information content (AvgIpc) is 1.59. The van der Waals surface area contributed by atoms with Crippen LogP contribution in [0.5, 0.6) is 0 Å². The molecule has 10 nitrogen and oxygen atoms in total. The summed E-state index contributed by atoms with van der Waals surface area (Å²) in [5.74, 6) is 1.83. The van der Waals surface area contributed by atoms with Gasteiger partial charge in [-0.2, -0.15) is 74.3 Å². The first-order valence-electron chi connectivity index (χ1n) is 31.9. The summed E-state index contributed by atoms with van der Waals surface area (Å²) in [6.07, 6.45) is 7.36. The van der Waals surface area contributed by atoms with Crippen LogP contribution in [0.4, 0.5) is 23.0 Å². The van der Waals surface area contributed by atoms with Gasteiger partial charge in [-0.1, -0.05) is 206 Å². The van der Waals surface area contributed by atoms with E-state index < -0.39 is 21.9 Å². The van der Waals surface area contributed by atoms with Crippen molar-refractivity contribution >= 4 is 23.0 Å². The Bertz CT molecular complexity index is 5150. The van der Waals surface area contributed by atoms with Crippen molar-refractivity contribution in [3.63, 3.8) is 0 Å². The van der Waals surface area contributed by atoms with Gasteiger partial charge in [0.15, 0.2) is 0 Å². The molecule has 0 amide bonds. The zero-order valence-electron chi connectivity index (χ0n) is 52.0. The molecular weight excluding hydrogens is 1540 g/mol. The molecule has 2 aliphatic heterocycles. The molecule has 0 bridgehead atoms. The summed E-state index contributed by atoms with van der Waals surface area (Å²) >= 11 is 0. The summed E-state index contributed by atoms with van der Waals surface area (Å²) < 4.78 is 0. The van der Waals surface area contributed by atoms with Gasteiger partial charge in [-0.25, -0.2) is 9.97 Å². The maximum atomic E-state index is 4.99. The quantitative estimate of drug-likeness (QED) is 0.137. The molecule has 6 aliphatic rings. The summed E-state index contributed by atoms with van der Waals surface area (Å²) in [6.45, 7) is 4.38. The minimum absolute atomic E-state index is 0. The topological polar surface area (TPSA) is 92.7 Å². The number of hydrogen-bond donors (Lipinski definition) is 0. The Balaban J connectivity index is 0.000000142. The molecule has 20 rings (SSSR count). The summed E-state index contributed by atoms with van der Waals surface area (Å²) in [7, 11) is 4.19. The maximum Gasteiger partial charge on any atom is 0.122 e. The van der Waals surface area contributed by atoms with Crippen LogP contribution in [-0.2, 0) is 64.0 Å². The fraction of sp³-hybridized carbons (Fsp3) is 0.0714. The fourth-order valence-electron chi connectivity index (χ4n) is 17.1. The molecule has 10 aromatic carbocycles. The van der Waals surface area contributed by atoms with Crippen LogP contribution in [0.3, 0.4) is 0 Å². The second-order valence-electron chi connectivity index (χ2n) is 25.0. The monoisotopic (exact) mass is 1590 g/mol. The van der Waals surface area contributed by atoms with Gasteiger partial charge in [-0.15, -0.1) is 22.3 Å². The average molecular weight is 1600 g/mol. The van der Waals surface area contributed by atoms with Crippen LogP contribution < -0.4 is 29.8 Å². The second-order valence-corrected chi connectivity index (χ2v) is 25.0. The normalized spacial score (nSPS) is 15.6. The molecule has 468 valence electrons. The van der Waals surface area contributed by atoms with Gasteiger partial charge in [0.05, 0.1) is 16.4 Å². The summed E-state index contributed by atoms with van der Waals surface area (Å²) in [6, 6.07) is 104. The Labute approximate surface area is 586 Å². The Hall–Kier alpha value is -10.5. The summed E-state index contributed by atoms with van der Waals surface area (Å²) in [5.41, 5.74) is 24.8. The molecule has 0 radical (unpaired) electrons. The molecule has 96 heavy (non-hydrogen) atoms. The van der Waals surface area contributed by atoms with Crippen LogP contribution in [0.2, 0.25) is 0 Å². The predicted octanol–water partition coefficient (Wildman–Crippen LogP) is 15.9.